The summed E-state index contributed by atoms with van der Waals surface area (Å²) >= 11 is 0. The topological polar surface area (TPSA) is 108 Å². The van der Waals surface area contributed by atoms with Crippen molar-refractivity contribution in [1.29, 1.82) is 5.26 Å². The molecule has 0 atom stereocenters. The molecule has 33 heavy (non-hydrogen) atoms. The molecule has 3 aromatic rings. The Morgan fingerprint density at radius 1 is 1.09 bits per heavy atom. The van der Waals surface area contributed by atoms with Crippen LogP contribution in [0.2, 0.25) is 0 Å². The monoisotopic (exact) mass is 465 g/mol. The van der Waals surface area contributed by atoms with Crippen molar-refractivity contribution < 1.29 is 13.2 Å². The predicted octanol–water partition coefficient (Wildman–Crippen LogP) is 3.36. The highest BCUT2D eigenvalue weighted by atomic mass is 32.2. The minimum Gasteiger partial charge on any atom is -0.310 e. The molecule has 0 spiro atoms. The Labute approximate surface area is 194 Å². The molecule has 0 bridgehead atoms. The van der Waals surface area contributed by atoms with Crippen molar-refractivity contribution in [2.24, 2.45) is 0 Å². The van der Waals surface area contributed by atoms with Crippen LogP contribution in [0.25, 0.3) is 0 Å². The number of carbonyl (C=O) groups is 1. The highest BCUT2D eigenvalue weighted by Crippen LogP contribution is 2.23. The Bertz CT molecular complexity index is 1270. The van der Waals surface area contributed by atoms with Gasteiger partial charge in [0.25, 0.3) is 0 Å². The molecule has 0 aliphatic heterocycles. The van der Waals surface area contributed by atoms with E-state index in [2.05, 4.69) is 43.3 Å². The molecular weight excluding hydrogens is 438 g/mol. The van der Waals surface area contributed by atoms with Crippen LogP contribution >= 0.6 is 0 Å². The lowest BCUT2D eigenvalue weighted by Crippen LogP contribution is -2.35. The Morgan fingerprint density at radius 3 is 2.30 bits per heavy atom. The summed E-state index contributed by atoms with van der Waals surface area (Å²) in [6.07, 6.45) is 1.58. The molecule has 0 fully saturated rings. The number of hydrogen-bond donors (Lipinski definition) is 1. The minimum absolute atomic E-state index is 0.0144. The van der Waals surface area contributed by atoms with Crippen LogP contribution in [0.5, 0.6) is 0 Å². The smallest absolute Gasteiger partial charge is 0.243 e. The second-order valence-electron chi connectivity index (χ2n) is 8.77. The molecule has 1 heterocycles. The van der Waals surface area contributed by atoms with E-state index in [1.807, 2.05) is 18.2 Å². The van der Waals surface area contributed by atoms with Crippen molar-refractivity contribution >= 4 is 21.7 Å². The van der Waals surface area contributed by atoms with Crippen molar-refractivity contribution in [3.63, 3.8) is 0 Å². The van der Waals surface area contributed by atoms with Crippen molar-refractivity contribution in [2.45, 2.75) is 37.6 Å². The maximum Gasteiger partial charge on any atom is 0.243 e. The van der Waals surface area contributed by atoms with Gasteiger partial charge in [-0.25, -0.2) is 13.1 Å². The van der Waals surface area contributed by atoms with Gasteiger partial charge in [-0.15, -0.1) is 0 Å². The first kappa shape index (κ1) is 24.2. The van der Waals surface area contributed by atoms with Gasteiger partial charge < -0.3 is 5.32 Å². The summed E-state index contributed by atoms with van der Waals surface area (Å²) in [5, 5.41) is 15.9. The van der Waals surface area contributed by atoms with Gasteiger partial charge in [0.2, 0.25) is 15.9 Å². The Balaban J connectivity index is 1.65. The largest absolute Gasteiger partial charge is 0.310 e. The second kappa shape index (κ2) is 9.57. The third-order valence-corrected chi connectivity index (χ3v) is 7.01. The van der Waals surface area contributed by atoms with Crippen LogP contribution in [0.15, 0.2) is 65.7 Å². The van der Waals surface area contributed by atoms with Crippen LogP contribution < -0.4 is 5.32 Å². The van der Waals surface area contributed by atoms with E-state index < -0.39 is 15.9 Å². The molecule has 2 aromatic carbocycles. The van der Waals surface area contributed by atoms with Crippen LogP contribution in [-0.2, 0) is 26.8 Å². The zero-order chi connectivity index (χ0) is 24.2. The van der Waals surface area contributed by atoms with Gasteiger partial charge in [0.05, 0.1) is 35.8 Å². The number of benzene rings is 2. The van der Waals surface area contributed by atoms with Gasteiger partial charge >= 0.3 is 0 Å². The fourth-order valence-corrected chi connectivity index (χ4v) is 4.33. The third kappa shape index (κ3) is 5.86. The summed E-state index contributed by atoms with van der Waals surface area (Å²) in [7, 11) is -2.54. The van der Waals surface area contributed by atoms with Gasteiger partial charge in [-0.3, -0.25) is 4.79 Å². The number of hydrogen-bond acceptors (Lipinski definition) is 5. The number of amides is 1. The molecule has 1 N–H and O–H groups in total. The first-order chi connectivity index (χ1) is 15.5. The van der Waals surface area contributed by atoms with Crippen molar-refractivity contribution in [1.82, 2.24) is 14.1 Å². The summed E-state index contributed by atoms with van der Waals surface area (Å²) in [6.45, 7) is 6.56. The molecule has 0 radical (unpaired) electrons. The Morgan fingerprint density at radius 2 is 1.73 bits per heavy atom. The van der Waals surface area contributed by atoms with Crippen LogP contribution in [0.4, 0.5) is 5.82 Å². The summed E-state index contributed by atoms with van der Waals surface area (Å²) < 4.78 is 28.1. The highest BCUT2D eigenvalue weighted by molar-refractivity contribution is 7.89. The zero-order valence-corrected chi connectivity index (χ0v) is 19.9. The van der Waals surface area contributed by atoms with Crippen LogP contribution in [0, 0.1) is 11.3 Å². The van der Waals surface area contributed by atoms with E-state index >= 15 is 0 Å². The fourth-order valence-electron chi connectivity index (χ4n) is 3.20. The zero-order valence-electron chi connectivity index (χ0n) is 19.1. The standard InChI is InChI=1S/C24H27N5O3S/c1-24(2,3)20-9-5-19(6-10-20)16-29-22(13-14-26-29)27-23(30)17-28(4)33(31,32)21-11-7-18(15-25)8-12-21/h5-14H,16-17H2,1-4H3,(H,27,30). The molecule has 0 saturated heterocycles. The quantitative estimate of drug-likeness (QED) is 0.576. The molecular formula is C24H27N5O3S. The van der Waals surface area contributed by atoms with Gasteiger partial charge in [0, 0.05) is 13.1 Å². The minimum atomic E-state index is -3.87. The van der Waals surface area contributed by atoms with E-state index in [4.69, 9.17) is 5.26 Å². The summed E-state index contributed by atoms with van der Waals surface area (Å²) in [4.78, 5) is 12.6. The summed E-state index contributed by atoms with van der Waals surface area (Å²) in [5.74, 6) is -0.0105. The van der Waals surface area contributed by atoms with Crippen molar-refractivity contribution in [3.8, 4) is 6.07 Å². The molecule has 3 rings (SSSR count). The average molecular weight is 466 g/mol. The SMILES string of the molecule is CN(CC(=O)Nc1ccnn1Cc1ccc(C(C)(C)C)cc1)S(=O)(=O)c1ccc(C#N)cc1. The predicted molar refractivity (Wildman–Crippen MR) is 126 cm³/mol. The third-order valence-electron chi connectivity index (χ3n) is 5.19. The maximum absolute atomic E-state index is 12.7. The number of nitriles is 1. The molecule has 8 nitrogen and oxygen atoms in total. The molecule has 1 amide bonds. The summed E-state index contributed by atoms with van der Waals surface area (Å²) in [5.41, 5.74) is 2.68. The molecule has 0 unspecified atom stereocenters. The van der Waals surface area contributed by atoms with Crippen molar-refractivity contribution in [3.05, 3.63) is 77.5 Å². The fraction of sp³-hybridized carbons (Fsp3) is 0.292. The van der Waals surface area contributed by atoms with E-state index in [1.165, 1.54) is 36.9 Å². The van der Waals surface area contributed by atoms with E-state index in [0.29, 0.717) is 17.9 Å². The van der Waals surface area contributed by atoms with E-state index in [9.17, 15) is 13.2 Å². The Hall–Kier alpha value is -3.48. The number of nitrogens with one attached hydrogen (secondary N) is 1. The number of sulfonamides is 1. The van der Waals surface area contributed by atoms with Crippen LogP contribution in [0.3, 0.4) is 0 Å². The lowest BCUT2D eigenvalue weighted by Gasteiger charge is -2.19. The van der Waals surface area contributed by atoms with E-state index in [0.717, 1.165) is 9.87 Å². The lowest BCUT2D eigenvalue weighted by atomic mass is 9.87. The summed E-state index contributed by atoms with van der Waals surface area (Å²) in [6, 6.07) is 17.4. The average Bonchev–Trinajstić information content (AvgIpc) is 3.19. The van der Waals surface area contributed by atoms with Gasteiger partial charge in [-0.1, -0.05) is 45.0 Å². The molecule has 0 aliphatic carbocycles. The van der Waals surface area contributed by atoms with E-state index in [-0.39, 0.29) is 16.9 Å². The number of anilines is 1. The Kier molecular flexibility index (Phi) is 7.01. The number of likely N-dealkylation sites (N-methyl/N-ethyl adjacent to an activating group) is 1. The number of carbonyl (C=O) groups excluding carboxylic acids is 1. The van der Waals surface area contributed by atoms with Gasteiger partial charge in [-0.05, 0) is 40.8 Å². The van der Waals surface area contributed by atoms with Gasteiger partial charge in [0.15, 0.2) is 0 Å². The number of nitrogens with zero attached hydrogens (tertiary/aromatic N) is 4. The molecule has 9 heteroatoms. The van der Waals surface area contributed by atoms with Crippen molar-refractivity contribution in [2.75, 3.05) is 18.9 Å². The molecule has 172 valence electrons. The molecule has 0 saturated carbocycles. The highest BCUT2D eigenvalue weighted by Gasteiger charge is 2.23. The second-order valence-corrected chi connectivity index (χ2v) is 10.8. The van der Waals surface area contributed by atoms with Crippen LogP contribution in [-0.4, -0.2) is 42.0 Å². The van der Waals surface area contributed by atoms with Gasteiger partial charge in [-0.2, -0.15) is 14.7 Å². The normalized spacial score (nSPS) is 11.9. The van der Waals surface area contributed by atoms with Crippen LogP contribution in [0.1, 0.15) is 37.5 Å². The first-order valence-corrected chi connectivity index (χ1v) is 11.8. The number of aromatic nitrogens is 2. The lowest BCUT2D eigenvalue weighted by molar-refractivity contribution is -0.116. The number of rotatable bonds is 7. The molecule has 0 aliphatic rings. The van der Waals surface area contributed by atoms with E-state index in [1.54, 1.807) is 16.9 Å². The van der Waals surface area contributed by atoms with Gasteiger partial charge in [0.1, 0.15) is 5.82 Å². The molecule has 1 aromatic heterocycles. The maximum atomic E-state index is 12.7. The first-order valence-electron chi connectivity index (χ1n) is 10.4.